The molecule has 0 spiro atoms. The van der Waals surface area contributed by atoms with E-state index in [9.17, 15) is 4.79 Å². The number of furan rings is 1. The first-order valence-corrected chi connectivity index (χ1v) is 10.6. The fourth-order valence-electron chi connectivity index (χ4n) is 3.03. The van der Waals surface area contributed by atoms with Crippen molar-refractivity contribution in [3.05, 3.63) is 113 Å². The van der Waals surface area contributed by atoms with Crippen molar-refractivity contribution >= 4 is 35.1 Å². The maximum absolute atomic E-state index is 13.1. The molecule has 0 bridgehead atoms. The smallest absolute Gasteiger partial charge is 0.267 e. The van der Waals surface area contributed by atoms with Crippen LogP contribution in [0, 0.1) is 0 Å². The summed E-state index contributed by atoms with van der Waals surface area (Å²) in [6, 6.07) is 23.4. The van der Waals surface area contributed by atoms with E-state index < -0.39 is 0 Å². The number of nitrogens with zero attached hydrogens (tertiary/aromatic N) is 3. The second-order valence-corrected chi connectivity index (χ2v) is 7.93. The van der Waals surface area contributed by atoms with Gasteiger partial charge in [0.1, 0.15) is 5.76 Å². The van der Waals surface area contributed by atoms with Crippen molar-refractivity contribution in [3.63, 3.8) is 0 Å². The highest BCUT2D eigenvalue weighted by Gasteiger charge is 2.34. The summed E-state index contributed by atoms with van der Waals surface area (Å²) in [5, 5.41) is 9.04. The van der Waals surface area contributed by atoms with Crippen molar-refractivity contribution < 1.29 is 9.21 Å². The molecule has 0 aliphatic carbocycles. The summed E-state index contributed by atoms with van der Waals surface area (Å²) in [7, 11) is 0. The molecule has 1 fully saturated rings. The predicted molar refractivity (Wildman–Crippen MR) is 126 cm³/mol. The molecule has 1 aliphatic heterocycles. The van der Waals surface area contributed by atoms with Gasteiger partial charge in [-0.25, -0.2) is 0 Å². The van der Waals surface area contributed by atoms with Gasteiger partial charge in [-0.2, -0.15) is 5.10 Å². The van der Waals surface area contributed by atoms with Gasteiger partial charge in [-0.3, -0.25) is 9.69 Å². The number of carbonyl (C=O) groups is 1. The Morgan fingerprint density at radius 2 is 1.71 bits per heavy atom. The normalized spacial score (nSPS) is 17.4. The van der Waals surface area contributed by atoms with E-state index in [1.165, 1.54) is 11.8 Å². The van der Waals surface area contributed by atoms with Gasteiger partial charge in [-0.05, 0) is 53.6 Å². The third-order valence-electron chi connectivity index (χ3n) is 4.48. The zero-order chi connectivity index (χ0) is 21.5. The molecule has 1 saturated heterocycles. The minimum absolute atomic E-state index is 0.115. The van der Waals surface area contributed by atoms with Crippen molar-refractivity contribution in [2.45, 2.75) is 13.5 Å². The van der Waals surface area contributed by atoms with E-state index in [2.05, 4.69) is 10.2 Å². The number of benzene rings is 2. The molecule has 6 heteroatoms. The van der Waals surface area contributed by atoms with Crippen LogP contribution in [0.1, 0.15) is 23.8 Å². The lowest BCUT2D eigenvalue weighted by atomic mass is 10.1. The molecule has 0 N–H and O–H groups in total. The Morgan fingerprint density at radius 3 is 2.39 bits per heavy atom. The zero-order valence-corrected chi connectivity index (χ0v) is 17.8. The zero-order valence-electron chi connectivity index (χ0n) is 17.0. The van der Waals surface area contributed by atoms with Gasteiger partial charge in [0.2, 0.25) is 0 Å². The summed E-state index contributed by atoms with van der Waals surface area (Å²) >= 11 is 1.31. The third-order valence-corrected chi connectivity index (χ3v) is 5.48. The third kappa shape index (κ3) is 5.49. The van der Waals surface area contributed by atoms with Gasteiger partial charge in [0.25, 0.3) is 5.91 Å². The maximum atomic E-state index is 13.1. The SMILES string of the molecule is CC(/C=C1\S/C(=N\N=C\c2ccccc2)N(Cc2ccco2)C1=O)=C\c1ccccc1. The molecule has 0 unspecified atom stereocenters. The summed E-state index contributed by atoms with van der Waals surface area (Å²) in [5.74, 6) is 0.572. The number of hydrogen-bond donors (Lipinski definition) is 0. The highest BCUT2D eigenvalue weighted by molar-refractivity contribution is 8.18. The first-order valence-electron chi connectivity index (χ1n) is 9.82. The van der Waals surface area contributed by atoms with Crippen LogP contribution in [-0.2, 0) is 11.3 Å². The number of amides is 1. The summed E-state index contributed by atoms with van der Waals surface area (Å²) < 4.78 is 5.43. The molecule has 0 saturated carbocycles. The van der Waals surface area contributed by atoms with E-state index in [-0.39, 0.29) is 5.91 Å². The number of allylic oxidation sites excluding steroid dienone is 2. The lowest BCUT2D eigenvalue weighted by molar-refractivity contribution is -0.122. The molecule has 2 aromatic carbocycles. The largest absolute Gasteiger partial charge is 0.467 e. The minimum Gasteiger partial charge on any atom is -0.467 e. The van der Waals surface area contributed by atoms with Crippen molar-refractivity contribution in [1.29, 1.82) is 0 Å². The second-order valence-electron chi connectivity index (χ2n) is 6.92. The van der Waals surface area contributed by atoms with E-state index in [4.69, 9.17) is 4.42 Å². The fourth-order valence-corrected chi connectivity index (χ4v) is 4.01. The van der Waals surface area contributed by atoms with Crippen molar-refractivity contribution in [1.82, 2.24) is 4.90 Å². The molecule has 1 aromatic heterocycles. The quantitative estimate of drug-likeness (QED) is 0.287. The van der Waals surface area contributed by atoms with E-state index in [0.29, 0.717) is 22.4 Å². The number of amidine groups is 1. The van der Waals surface area contributed by atoms with Gasteiger partial charge in [0.05, 0.1) is 23.9 Å². The van der Waals surface area contributed by atoms with Crippen LogP contribution in [0.4, 0.5) is 0 Å². The molecule has 154 valence electrons. The fraction of sp³-hybridized carbons (Fsp3) is 0.0800. The Bertz CT molecular complexity index is 1150. The highest BCUT2D eigenvalue weighted by Crippen LogP contribution is 2.33. The Hall–Kier alpha value is -3.64. The van der Waals surface area contributed by atoms with Crippen LogP contribution in [0.25, 0.3) is 6.08 Å². The Kier molecular flexibility index (Phi) is 6.59. The van der Waals surface area contributed by atoms with Gasteiger partial charge in [-0.1, -0.05) is 66.7 Å². The van der Waals surface area contributed by atoms with Gasteiger partial charge in [0.15, 0.2) is 5.17 Å². The number of thioether (sulfide) groups is 1. The molecule has 0 radical (unpaired) electrons. The Labute approximate surface area is 185 Å². The van der Waals surface area contributed by atoms with Crippen molar-refractivity contribution in [3.8, 4) is 0 Å². The monoisotopic (exact) mass is 427 g/mol. The van der Waals surface area contributed by atoms with Crippen molar-refractivity contribution in [2.75, 3.05) is 0 Å². The summed E-state index contributed by atoms with van der Waals surface area (Å²) in [6.45, 7) is 2.28. The number of rotatable bonds is 6. The molecule has 3 aromatic rings. The van der Waals surface area contributed by atoms with E-state index in [1.54, 1.807) is 23.4 Å². The lowest BCUT2D eigenvalue weighted by Crippen LogP contribution is -2.28. The molecule has 4 rings (SSSR count). The van der Waals surface area contributed by atoms with Crippen LogP contribution >= 0.6 is 11.8 Å². The topological polar surface area (TPSA) is 58.2 Å². The molecular weight excluding hydrogens is 406 g/mol. The molecule has 0 atom stereocenters. The van der Waals surface area contributed by atoms with Crippen LogP contribution in [-0.4, -0.2) is 22.2 Å². The summed E-state index contributed by atoms with van der Waals surface area (Å²) in [6.07, 6.45) is 7.20. The molecule has 1 aliphatic rings. The second kappa shape index (κ2) is 9.91. The first-order chi connectivity index (χ1) is 15.2. The van der Waals surface area contributed by atoms with E-state index in [0.717, 1.165) is 16.7 Å². The highest BCUT2D eigenvalue weighted by atomic mass is 32.2. The Morgan fingerprint density at radius 1 is 1.00 bits per heavy atom. The van der Waals surface area contributed by atoms with Crippen LogP contribution in [0.2, 0.25) is 0 Å². The molecule has 5 nitrogen and oxygen atoms in total. The van der Waals surface area contributed by atoms with Gasteiger partial charge in [-0.15, -0.1) is 5.10 Å². The van der Waals surface area contributed by atoms with Gasteiger partial charge in [0, 0.05) is 0 Å². The molecular formula is C25H21N3O2S. The number of carbonyl (C=O) groups excluding carboxylic acids is 1. The average molecular weight is 428 g/mol. The number of hydrogen-bond acceptors (Lipinski definition) is 5. The average Bonchev–Trinajstić information content (AvgIpc) is 3.40. The van der Waals surface area contributed by atoms with E-state index in [1.807, 2.05) is 85.8 Å². The Balaban J connectivity index is 1.59. The van der Waals surface area contributed by atoms with Crippen LogP contribution in [0.3, 0.4) is 0 Å². The van der Waals surface area contributed by atoms with Crippen LogP contribution in [0.15, 0.2) is 110 Å². The maximum Gasteiger partial charge on any atom is 0.267 e. The molecule has 2 heterocycles. The predicted octanol–water partition coefficient (Wildman–Crippen LogP) is 5.73. The summed E-state index contributed by atoms with van der Waals surface area (Å²) in [5.41, 5.74) is 3.01. The summed E-state index contributed by atoms with van der Waals surface area (Å²) in [4.78, 5) is 15.3. The first kappa shape index (κ1) is 20.6. The standard InChI is InChI=1S/C25H21N3O2S/c1-19(15-20-9-4-2-5-10-20)16-23-24(29)28(18-22-13-8-14-30-22)25(31-23)27-26-17-21-11-6-3-7-12-21/h2-17H,18H2,1H3/b19-15+,23-16-,26-17+,27-25-. The molecule has 1 amide bonds. The van der Waals surface area contributed by atoms with Gasteiger partial charge < -0.3 is 4.42 Å². The van der Waals surface area contributed by atoms with Crippen LogP contribution < -0.4 is 0 Å². The minimum atomic E-state index is -0.115. The molecule has 31 heavy (non-hydrogen) atoms. The van der Waals surface area contributed by atoms with Gasteiger partial charge >= 0.3 is 0 Å². The van der Waals surface area contributed by atoms with Crippen LogP contribution in [0.5, 0.6) is 0 Å². The van der Waals surface area contributed by atoms with E-state index >= 15 is 0 Å². The lowest BCUT2D eigenvalue weighted by Gasteiger charge is -2.12. The van der Waals surface area contributed by atoms with Crippen molar-refractivity contribution in [2.24, 2.45) is 10.2 Å².